The van der Waals surface area contributed by atoms with Crippen LogP contribution in [0.25, 0.3) is 0 Å². The molecule has 46 heavy (non-hydrogen) atoms. The van der Waals surface area contributed by atoms with Crippen LogP contribution < -0.4 is 9.64 Å². The number of carbonyl (C=O) groups excluding carboxylic acids is 1. The highest BCUT2D eigenvalue weighted by Gasteiger charge is 2.44. The number of nitrogens with zero attached hydrogens (tertiary/aromatic N) is 3. The molecule has 1 aliphatic heterocycles. The summed E-state index contributed by atoms with van der Waals surface area (Å²) < 4.78 is 6.48. The molecule has 1 saturated carbocycles. The van der Waals surface area contributed by atoms with E-state index in [1.54, 1.807) is 48.4 Å². The van der Waals surface area contributed by atoms with Crippen molar-refractivity contribution in [3.8, 4) is 5.75 Å². The van der Waals surface area contributed by atoms with Crippen LogP contribution in [-0.4, -0.2) is 63.0 Å². The van der Waals surface area contributed by atoms with Gasteiger partial charge < -0.3 is 19.8 Å². The summed E-state index contributed by atoms with van der Waals surface area (Å²) in [4.78, 5) is 35.9. The van der Waals surface area contributed by atoms with Crippen LogP contribution in [0, 0.1) is 11.8 Å². The highest BCUT2D eigenvalue weighted by molar-refractivity contribution is 7.99. The number of aromatic nitrogens is 2. The van der Waals surface area contributed by atoms with Crippen molar-refractivity contribution < 1.29 is 24.5 Å². The first kappa shape index (κ1) is 32.8. The summed E-state index contributed by atoms with van der Waals surface area (Å²) in [6.45, 7) is 3.94. The van der Waals surface area contributed by atoms with Crippen LogP contribution in [0.5, 0.6) is 5.75 Å². The molecule has 0 bridgehead atoms. The van der Waals surface area contributed by atoms with Gasteiger partial charge in [-0.2, -0.15) is 0 Å². The van der Waals surface area contributed by atoms with E-state index in [1.165, 1.54) is 11.1 Å². The molecule has 3 aromatic rings. The molecule has 10 heteroatoms. The maximum Gasteiger partial charge on any atom is 0.335 e. The van der Waals surface area contributed by atoms with E-state index < -0.39 is 12.1 Å². The standard InChI is InChI=1S/C36H42ClN3O5S/c1-2-28(46-35-38-15-4-16-39-35)10-9-27(41)19-32(42)29-11-6-25(29)20-40-21-36(14-3-5-23-17-26(37)8-12-30(23)36)22-45-33-13-7-24(34(43)44)18-31(33)40/h4,7-8,12-13,15-18,25,28-29,32,42H,2-3,5-6,9-11,14,19-22H2,1H3,(H,43,44)/t25-,28?,29+,32?,36?/m0/s1. The summed E-state index contributed by atoms with van der Waals surface area (Å²) in [5.74, 6) is -0.0145. The van der Waals surface area contributed by atoms with Gasteiger partial charge in [-0.25, -0.2) is 14.8 Å². The number of halogens is 1. The number of fused-ring (bicyclic) bond motifs is 3. The minimum atomic E-state index is -0.977. The lowest BCUT2D eigenvalue weighted by molar-refractivity contribution is -0.123. The van der Waals surface area contributed by atoms with Crippen LogP contribution in [0.15, 0.2) is 60.0 Å². The zero-order valence-corrected chi connectivity index (χ0v) is 27.8. The average molecular weight is 664 g/mol. The zero-order chi connectivity index (χ0) is 32.3. The second-order valence-electron chi connectivity index (χ2n) is 13.1. The van der Waals surface area contributed by atoms with Crippen molar-refractivity contribution in [2.75, 3.05) is 24.6 Å². The van der Waals surface area contributed by atoms with E-state index in [9.17, 15) is 19.8 Å². The number of ketones is 1. The summed E-state index contributed by atoms with van der Waals surface area (Å²) in [6.07, 6.45) is 9.74. The van der Waals surface area contributed by atoms with Gasteiger partial charge in [-0.15, -0.1) is 0 Å². The van der Waals surface area contributed by atoms with Crippen molar-refractivity contribution in [3.05, 3.63) is 76.6 Å². The summed E-state index contributed by atoms with van der Waals surface area (Å²) in [5, 5.41) is 22.8. The van der Waals surface area contributed by atoms with Crippen molar-refractivity contribution >= 4 is 40.8 Å². The number of carboxylic acids is 1. The van der Waals surface area contributed by atoms with Crippen molar-refractivity contribution in [1.82, 2.24) is 9.97 Å². The molecule has 6 rings (SSSR count). The third-order valence-electron chi connectivity index (χ3n) is 10.2. The molecule has 244 valence electrons. The SMILES string of the molecule is CCC(CCC(=O)CC(O)[C@@H]1CC[C@H]1CN1CC2(CCCc3cc(Cl)ccc32)COc2ccc(C(=O)O)cc21)Sc1ncccn1. The predicted molar refractivity (Wildman–Crippen MR) is 180 cm³/mol. The number of rotatable bonds is 12. The van der Waals surface area contributed by atoms with Gasteiger partial charge in [-0.05, 0) is 104 Å². The van der Waals surface area contributed by atoms with Gasteiger partial charge in [0.15, 0.2) is 5.16 Å². The first-order valence-electron chi connectivity index (χ1n) is 16.4. The lowest BCUT2D eigenvalue weighted by Gasteiger charge is -2.45. The maximum absolute atomic E-state index is 13.0. The van der Waals surface area contributed by atoms with E-state index in [0.717, 1.165) is 60.8 Å². The van der Waals surface area contributed by atoms with Crippen molar-refractivity contribution in [3.63, 3.8) is 0 Å². The third-order valence-corrected chi connectivity index (χ3v) is 11.7. The Morgan fingerprint density at radius 2 is 2.00 bits per heavy atom. The molecule has 2 aliphatic carbocycles. The van der Waals surface area contributed by atoms with Gasteiger partial charge in [0.05, 0.1) is 24.0 Å². The van der Waals surface area contributed by atoms with Crippen molar-refractivity contribution in [2.24, 2.45) is 11.8 Å². The first-order chi connectivity index (χ1) is 22.2. The molecule has 2 heterocycles. The minimum absolute atomic E-state index is 0.0155. The Morgan fingerprint density at radius 3 is 2.74 bits per heavy atom. The molecule has 3 aliphatic rings. The van der Waals surface area contributed by atoms with Gasteiger partial charge in [0.25, 0.3) is 0 Å². The largest absolute Gasteiger partial charge is 0.490 e. The normalized spacial score (nSPS) is 23.3. The van der Waals surface area contributed by atoms with Crippen molar-refractivity contribution in [2.45, 2.75) is 86.6 Å². The molecule has 8 nitrogen and oxygen atoms in total. The van der Waals surface area contributed by atoms with E-state index >= 15 is 0 Å². The van der Waals surface area contributed by atoms with Gasteiger partial charge in [-0.1, -0.05) is 36.4 Å². The van der Waals surface area contributed by atoms with Crippen LogP contribution in [0.2, 0.25) is 5.02 Å². The van der Waals surface area contributed by atoms with Crippen LogP contribution >= 0.6 is 23.4 Å². The number of hydrogen-bond acceptors (Lipinski definition) is 8. The van der Waals surface area contributed by atoms with Crippen LogP contribution in [0.1, 0.15) is 79.8 Å². The maximum atomic E-state index is 13.0. The Kier molecular flexibility index (Phi) is 10.2. The molecular weight excluding hydrogens is 622 g/mol. The third kappa shape index (κ3) is 7.21. The van der Waals surface area contributed by atoms with E-state index in [0.29, 0.717) is 31.9 Å². The Hall–Kier alpha value is -3.14. The Bertz CT molecular complexity index is 1560. The molecule has 0 saturated heterocycles. The highest BCUT2D eigenvalue weighted by Crippen LogP contribution is 2.47. The molecular formula is C36H42ClN3O5S. The molecule has 2 aromatic carbocycles. The molecule has 1 fully saturated rings. The van der Waals surface area contributed by atoms with Crippen LogP contribution in [0.3, 0.4) is 0 Å². The number of aliphatic hydroxyl groups is 1. The summed E-state index contributed by atoms with van der Waals surface area (Å²) in [5.41, 5.74) is 3.22. The average Bonchev–Trinajstić information content (AvgIpc) is 3.18. The molecule has 3 unspecified atom stereocenters. The fourth-order valence-electron chi connectivity index (χ4n) is 7.51. The Morgan fingerprint density at radius 1 is 1.17 bits per heavy atom. The number of carbonyl (C=O) groups is 2. The van der Waals surface area contributed by atoms with Gasteiger partial charge in [0.2, 0.25) is 0 Å². The molecule has 0 radical (unpaired) electrons. The molecule has 0 amide bonds. The summed E-state index contributed by atoms with van der Waals surface area (Å²) in [7, 11) is 0. The lowest BCUT2D eigenvalue weighted by atomic mass is 9.68. The van der Waals surface area contributed by atoms with E-state index in [-0.39, 0.29) is 40.3 Å². The fraction of sp³-hybridized carbons (Fsp3) is 0.500. The van der Waals surface area contributed by atoms with Crippen LogP contribution in [-0.2, 0) is 16.6 Å². The number of aryl methyl sites for hydroxylation is 1. The number of aliphatic hydroxyl groups excluding tert-OH is 1. The number of carboxylic acid groups (broad SMARTS) is 1. The predicted octanol–water partition coefficient (Wildman–Crippen LogP) is 7.00. The molecule has 2 N–H and O–H groups in total. The van der Waals surface area contributed by atoms with E-state index in [1.807, 2.05) is 6.07 Å². The van der Waals surface area contributed by atoms with Crippen molar-refractivity contribution in [1.29, 1.82) is 0 Å². The van der Waals surface area contributed by atoms with Gasteiger partial charge >= 0.3 is 5.97 Å². The monoisotopic (exact) mass is 663 g/mol. The quantitative estimate of drug-likeness (QED) is 0.156. The van der Waals surface area contributed by atoms with Crippen LogP contribution in [0.4, 0.5) is 5.69 Å². The highest BCUT2D eigenvalue weighted by atomic mass is 35.5. The van der Waals surface area contributed by atoms with E-state index in [4.69, 9.17) is 16.3 Å². The van der Waals surface area contributed by atoms with Gasteiger partial charge in [0.1, 0.15) is 11.5 Å². The number of anilines is 1. The van der Waals surface area contributed by atoms with Gasteiger partial charge in [-0.3, -0.25) is 4.79 Å². The molecule has 1 aromatic heterocycles. The van der Waals surface area contributed by atoms with E-state index in [2.05, 4.69) is 33.9 Å². The second-order valence-corrected chi connectivity index (χ2v) is 14.8. The number of Topliss-reactive ketones (excluding diaryl/α,β-unsaturated/α-hetero) is 1. The number of thioether (sulfide) groups is 1. The number of aromatic carboxylic acids is 1. The summed E-state index contributed by atoms with van der Waals surface area (Å²) in [6, 6.07) is 13.0. The molecule has 1 spiro atoms. The lowest BCUT2D eigenvalue weighted by Crippen LogP contribution is -2.49. The smallest absolute Gasteiger partial charge is 0.335 e. The number of hydrogen-bond donors (Lipinski definition) is 2. The minimum Gasteiger partial charge on any atom is -0.490 e. The Balaban J connectivity index is 1.15. The second kappa shape index (κ2) is 14.3. The first-order valence-corrected chi connectivity index (χ1v) is 17.7. The topological polar surface area (TPSA) is 113 Å². The zero-order valence-electron chi connectivity index (χ0n) is 26.2. The number of benzene rings is 2. The van der Waals surface area contributed by atoms with Gasteiger partial charge in [0, 0.05) is 54.0 Å². The summed E-state index contributed by atoms with van der Waals surface area (Å²) >= 11 is 7.99. The number of ether oxygens (including phenoxy) is 1. The molecule has 5 atom stereocenters. The fourth-order valence-corrected chi connectivity index (χ4v) is 8.65. The Labute approximate surface area is 279 Å².